The predicted molar refractivity (Wildman–Crippen MR) is 57.7 cm³/mol. The monoisotopic (exact) mass is 211 g/mol. The number of benzene rings is 1. The van der Waals surface area contributed by atoms with Crippen LogP contribution in [0.3, 0.4) is 0 Å². The fourth-order valence-corrected chi connectivity index (χ4v) is 1.16. The third-order valence-corrected chi connectivity index (χ3v) is 1.91. The van der Waals surface area contributed by atoms with E-state index in [2.05, 4.69) is 5.32 Å². The molecule has 5 N–H and O–H groups in total. The Morgan fingerprint density at radius 3 is 2.80 bits per heavy atom. The van der Waals surface area contributed by atoms with Crippen molar-refractivity contribution in [2.45, 2.75) is 12.8 Å². The van der Waals surface area contributed by atoms with E-state index in [1.165, 1.54) is 6.07 Å². The van der Waals surface area contributed by atoms with E-state index in [0.29, 0.717) is 30.8 Å². The van der Waals surface area contributed by atoms with Gasteiger partial charge in [-0.05, 0) is 24.6 Å². The maximum Gasteiger partial charge on any atom is 0.217 e. The maximum atomic E-state index is 13.2. The average molecular weight is 211 g/mol. The molecule has 0 radical (unpaired) electrons. The predicted octanol–water partition coefficient (Wildman–Crippen LogP) is 1.09. The Hall–Kier alpha value is -1.78. The Bertz CT molecular complexity index is 355. The van der Waals surface area contributed by atoms with Crippen LogP contribution in [0.25, 0.3) is 0 Å². The van der Waals surface area contributed by atoms with E-state index in [0.717, 1.165) is 0 Å². The van der Waals surface area contributed by atoms with Gasteiger partial charge in [0.25, 0.3) is 0 Å². The molecule has 0 atom stereocenters. The van der Waals surface area contributed by atoms with Gasteiger partial charge in [-0.1, -0.05) is 0 Å². The standard InChI is InChI=1S/C10H14FN3O/c11-8-6-7(12)3-4-9(8)14-5-1-2-10(13)15/h3-4,6,14H,1-2,5,12H2,(H2,13,15). The van der Waals surface area contributed by atoms with Gasteiger partial charge in [0.05, 0.1) is 5.69 Å². The van der Waals surface area contributed by atoms with Gasteiger partial charge in [-0.15, -0.1) is 0 Å². The summed E-state index contributed by atoms with van der Waals surface area (Å²) in [5.41, 5.74) is 11.1. The fraction of sp³-hybridized carbons (Fsp3) is 0.300. The third kappa shape index (κ3) is 3.84. The van der Waals surface area contributed by atoms with Crippen LogP contribution in [-0.2, 0) is 4.79 Å². The quantitative estimate of drug-likeness (QED) is 0.503. The lowest BCUT2D eigenvalue weighted by Crippen LogP contribution is -2.13. The summed E-state index contributed by atoms with van der Waals surface area (Å²) in [5, 5.41) is 2.86. The van der Waals surface area contributed by atoms with Gasteiger partial charge in [-0.2, -0.15) is 0 Å². The number of halogens is 1. The minimum Gasteiger partial charge on any atom is -0.399 e. The zero-order chi connectivity index (χ0) is 11.3. The van der Waals surface area contributed by atoms with Crippen LogP contribution in [0.15, 0.2) is 18.2 Å². The maximum absolute atomic E-state index is 13.2. The molecule has 0 bridgehead atoms. The summed E-state index contributed by atoms with van der Waals surface area (Å²) in [5.74, 6) is -0.747. The molecule has 5 heteroatoms. The first-order chi connectivity index (χ1) is 7.09. The minimum atomic E-state index is -0.394. The van der Waals surface area contributed by atoms with Crippen molar-refractivity contribution in [2.24, 2.45) is 5.73 Å². The van der Waals surface area contributed by atoms with Crippen molar-refractivity contribution in [3.63, 3.8) is 0 Å². The van der Waals surface area contributed by atoms with Crippen LogP contribution in [0, 0.1) is 5.82 Å². The molecule has 4 nitrogen and oxygen atoms in total. The number of nitrogen functional groups attached to an aromatic ring is 1. The van der Waals surface area contributed by atoms with Crippen LogP contribution < -0.4 is 16.8 Å². The zero-order valence-electron chi connectivity index (χ0n) is 8.29. The summed E-state index contributed by atoms with van der Waals surface area (Å²) in [7, 11) is 0. The van der Waals surface area contributed by atoms with Gasteiger partial charge in [-0.25, -0.2) is 4.39 Å². The minimum absolute atomic E-state index is 0.295. The number of primary amides is 1. The summed E-state index contributed by atoms with van der Waals surface area (Å²) in [6, 6.07) is 4.42. The highest BCUT2D eigenvalue weighted by atomic mass is 19.1. The molecule has 1 rings (SSSR count). The number of nitrogens with one attached hydrogen (secondary N) is 1. The van der Waals surface area contributed by atoms with E-state index in [1.807, 2.05) is 0 Å². The third-order valence-electron chi connectivity index (χ3n) is 1.91. The molecule has 0 aliphatic rings. The molecule has 1 aromatic carbocycles. The average Bonchev–Trinajstić information content (AvgIpc) is 2.14. The highest BCUT2D eigenvalue weighted by Crippen LogP contribution is 2.16. The SMILES string of the molecule is NC(=O)CCCNc1ccc(N)cc1F. The van der Waals surface area contributed by atoms with Crippen molar-refractivity contribution in [3.8, 4) is 0 Å². The molecule has 15 heavy (non-hydrogen) atoms. The van der Waals surface area contributed by atoms with Crippen molar-refractivity contribution in [3.05, 3.63) is 24.0 Å². The molecule has 0 heterocycles. The topological polar surface area (TPSA) is 81.1 Å². The first kappa shape index (κ1) is 11.3. The van der Waals surface area contributed by atoms with Crippen molar-refractivity contribution in [1.82, 2.24) is 0 Å². The van der Waals surface area contributed by atoms with E-state index < -0.39 is 5.82 Å². The number of anilines is 2. The van der Waals surface area contributed by atoms with Gasteiger partial charge in [0.15, 0.2) is 0 Å². The van der Waals surface area contributed by atoms with Crippen LogP contribution in [-0.4, -0.2) is 12.5 Å². The van der Waals surface area contributed by atoms with E-state index >= 15 is 0 Å². The van der Waals surface area contributed by atoms with Crippen LogP contribution >= 0.6 is 0 Å². The van der Waals surface area contributed by atoms with Gasteiger partial charge < -0.3 is 16.8 Å². The number of hydrogen-bond donors (Lipinski definition) is 3. The van der Waals surface area contributed by atoms with Gasteiger partial charge >= 0.3 is 0 Å². The van der Waals surface area contributed by atoms with Crippen LogP contribution in [0.1, 0.15) is 12.8 Å². The summed E-state index contributed by atoms with van der Waals surface area (Å²) < 4.78 is 13.2. The van der Waals surface area contributed by atoms with Gasteiger partial charge in [0.2, 0.25) is 5.91 Å². The van der Waals surface area contributed by atoms with Crippen LogP contribution in [0.5, 0.6) is 0 Å². The molecular weight excluding hydrogens is 197 g/mol. The van der Waals surface area contributed by atoms with E-state index in [4.69, 9.17) is 11.5 Å². The molecule has 0 saturated carbocycles. The number of amides is 1. The molecule has 0 aromatic heterocycles. The first-order valence-corrected chi connectivity index (χ1v) is 4.67. The second-order valence-electron chi connectivity index (χ2n) is 3.24. The van der Waals surface area contributed by atoms with Crippen LogP contribution in [0.2, 0.25) is 0 Å². The smallest absolute Gasteiger partial charge is 0.217 e. The Morgan fingerprint density at radius 2 is 2.20 bits per heavy atom. The largest absolute Gasteiger partial charge is 0.399 e. The summed E-state index contributed by atoms with van der Waals surface area (Å²) in [6.45, 7) is 0.504. The highest BCUT2D eigenvalue weighted by molar-refractivity contribution is 5.73. The van der Waals surface area contributed by atoms with Gasteiger partial charge in [0, 0.05) is 18.7 Å². The molecule has 0 spiro atoms. The van der Waals surface area contributed by atoms with E-state index in [9.17, 15) is 9.18 Å². The number of carbonyl (C=O) groups excluding carboxylic acids is 1. The molecule has 1 aromatic rings. The fourth-order valence-electron chi connectivity index (χ4n) is 1.16. The molecule has 0 aliphatic heterocycles. The van der Waals surface area contributed by atoms with Gasteiger partial charge in [-0.3, -0.25) is 4.79 Å². The van der Waals surface area contributed by atoms with Crippen molar-refractivity contribution >= 4 is 17.3 Å². The number of carbonyl (C=O) groups is 1. The molecule has 0 aliphatic carbocycles. The highest BCUT2D eigenvalue weighted by Gasteiger charge is 2.01. The molecule has 1 amide bonds. The summed E-state index contributed by atoms with van der Waals surface area (Å²) in [4.78, 5) is 10.4. The van der Waals surface area contributed by atoms with Crippen LogP contribution in [0.4, 0.5) is 15.8 Å². The summed E-state index contributed by atoms with van der Waals surface area (Å²) >= 11 is 0. The second kappa shape index (κ2) is 5.19. The summed E-state index contributed by atoms with van der Waals surface area (Å²) in [6.07, 6.45) is 0.878. The Labute approximate surface area is 87.4 Å². The normalized spacial score (nSPS) is 9.93. The molecule has 0 fully saturated rings. The Kier molecular flexibility index (Phi) is 3.91. The van der Waals surface area contributed by atoms with Crippen molar-refractivity contribution < 1.29 is 9.18 Å². The molecular formula is C10H14FN3O. The zero-order valence-corrected chi connectivity index (χ0v) is 8.29. The van der Waals surface area contributed by atoms with Crippen molar-refractivity contribution in [1.29, 1.82) is 0 Å². The lowest BCUT2D eigenvalue weighted by atomic mass is 10.2. The lowest BCUT2D eigenvalue weighted by Gasteiger charge is -2.06. The number of nitrogens with two attached hydrogens (primary N) is 2. The van der Waals surface area contributed by atoms with E-state index in [1.54, 1.807) is 12.1 Å². The number of rotatable bonds is 5. The Balaban J connectivity index is 2.40. The molecule has 0 unspecified atom stereocenters. The van der Waals surface area contributed by atoms with Gasteiger partial charge in [0.1, 0.15) is 5.82 Å². The molecule has 0 saturated heterocycles. The number of hydrogen-bond acceptors (Lipinski definition) is 3. The second-order valence-corrected chi connectivity index (χ2v) is 3.24. The van der Waals surface area contributed by atoms with Crippen molar-refractivity contribution in [2.75, 3.05) is 17.6 Å². The molecule has 82 valence electrons. The lowest BCUT2D eigenvalue weighted by molar-refractivity contribution is -0.118. The van der Waals surface area contributed by atoms with E-state index in [-0.39, 0.29) is 5.91 Å². The Morgan fingerprint density at radius 1 is 1.47 bits per heavy atom. The first-order valence-electron chi connectivity index (χ1n) is 4.67.